The monoisotopic (exact) mass is 373 g/mol. The first-order chi connectivity index (χ1) is 12.1. The van der Waals surface area contributed by atoms with E-state index in [1.54, 1.807) is 0 Å². The first-order valence-corrected chi connectivity index (χ1v) is 8.92. The van der Waals surface area contributed by atoms with Crippen molar-refractivity contribution in [3.8, 4) is 0 Å². The van der Waals surface area contributed by atoms with Crippen LogP contribution in [0.4, 0.5) is 0 Å². The molecule has 5 heteroatoms. The zero-order valence-electron chi connectivity index (χ0n) is 15.4. The lowest BCUT2D eigenvalue weighted by molar-refractivity contribution is -0.140. The molecule has 3 atom stereocenters. The molecule has 1 aliphatic rings. The fraction of sp³-hybridized carbons (Fsp3) is 0.381. The summed E-state index contributed by atoms with van der Waals surface area (Å²) in [5, 5.41) is 0. The van der Waals surface area contributed by atoms with Gasteiger partial charge in [0.2, 0.25) is 5.91 Å². The van der Waals surface area contributed by atoms with Gasteiger partial charge in [0.25, 0.3) is 0 Å². The number of likely N-dealkylation sites (N-methyl/N-ethyl adjacent to an activating group) is 1. The molecule has 2 N–H and O–H groups in total. The van der Waals surface area contributed by atoms with Crippen LogP contribution in [0.15, 0.2) is 60.7 Å². The Balaban J connectivity index is 0.00000243. The van der Waals surface area contributed by atoms with Gasteiger partial charge in [0, 0.05) is 25.7 Å². The molecule has 3 unspecified atom stereocenters. The fourth-order valence-electron chi connectivity index (χ4n) is 3.52. The van der Waals surface area contributed by atoms with Crippen LogP contribution in [0.25, 0.3) is 0 Å². The summed E-state index contributed by atoms with van der Waals surface area (Å²) in [7, 11) is 2.11. The highest BCUT2D eigenvalue weighted by atomic mass is 35.5. The smallest absolute Gasteiger partial charge is 0.227 e. The van der Waals surface area contributed by atoms with Crippen LogP contribution >= 0.6 is 12.4 Å². The predicted octanol–water partition coefficient (Wildman–Crippen LogP) is 3.26. The minimum atomic E-state index is -0.287. The zero-order valence-corrected chi connectivity index (χ0v) is 16.2. The largest absolute Gasteiger partial charge is 0.333 e. The summed E-state index contributed by atoms with van der Waals surface area (Å²) in [5.74, 6) is -0.115. The third-order valence-corrected chi connectivity index (χ3v) is 5.16. The average Bonchev–Trinajstić information content (AvgIpc) is 2.67. The van der Waals surface area contributed by atoms with Crippen LogP contribution in [0.1, 0.15) is 30.1 Å². The molecule has 0 spiro atoms. The van der Waals surface area contributed by atoms with Crippen molar-refractivity contribution < 1.29 is 4.79 Å². The van der Waals surface area contributed by atoms with Gasteiger partial charge in [0.05, 0.1) is 12.0 Å². The van der Waals surface area contributed by atoms with E-state index in [1.807, 2.05) is 60.4 Å². The second kappa shape index (κ2) is 9.17. The maximum absolute atomic E-state index is 13.2. The number of rotatable bonds is 4. The molecular weight excluding hydrogens is 346 g/mol. The molecule has 0 aliphatic carbocycles. The van der Waals surface area contributed by atoms with E-state index >= 15 is 0 Å². The molecule has 0 aromatic heterocycles. The predicted molar refractivity (Wildman–Crippen MR) is 108 cm³/mol. The molecule has 1 amide bonds. The van der Waals surface area contributed by atoms with Gasteiger partial charge in [0.15, 0.2) is 0 Å². The highest BCUT2D eigenvalue weighted by Gasteiger charge is 2.34. The number of carbonyl (C=O) groups excluding carboxylic acids is 1. The van der Waals surface area contributed by atoms with Crippen LogP contribution in [-0.4, -0.2) is 42.4 Å². The van der Waals surface area contributed by atoms with E-state index in [0.29, 0.717) is 0 Å². The van der Waals surface area contributed by atoms with Crippen molar-refractivity contribution in [2.75, 3.05) is 26.7 Å². The van der Waals surface area contributed by atoms with Crippen LogP contribution in [0.2, 0.25) is 0 Å². The van der Waals surface area contributed by atoms with Gasteiger partial charge in [-0.2, -0.15) is 0 Å². The maximum atomic E-state index is 13.2. The molecule has 1 fully saturated rings. The zero-order chi connectivity index (χ0) is 17.8. The van der Waals surface area contributed by atoms with Crippen molar-refractivity contribution in [2.24, 2.45) is 11.7 Å². The first-order valence-electron chi connectivity index (χ1n) is 8.92. The maximum Gasteiger partial charge on any atom is 0.227 e. The molecule has 3 rings (SSSR count). The number of hydrogen-bond acceptors (Lipinski definition) is 3. The van der Waals surface area contributed by atoms with E-state index in [-0.39, 0.29) is 36.3 Å². The van der Waals surface area contributed by atoms with Crippen molar-refractivity contribution in [1.82, 2.24) is 9.80 Å². The number of amides is 1. The minimum Gasteiger partial charge on any atom is -0.333 e. The SMILES string of the molecule is CC(C(=O)N1CCN(C)CC1c1ccccc1)C(N)c1ccccc1.Cl. The van der Waals surface area contributed by atoms with E-state index in [2.05, 4.69) is 24.1 Å². The highest BCUT2D eigenvalue weighted by molar-refractivity contribution is 5.85. The Morgan fingerprint density at radius 2 is 1.62 bits per heavy atom. The number of nitrogens with zero attached hydrogens (tertiary/aromatic N) is 2. The lowest BCUT2D eigenvalue weighted by Crippen LogP contribution is -2.51. The van der Waals surface area contributed by atoms with Crippen molar-refractivity contribution in [2.45, 2.75) is 19.0 Å². The quantitative estimate of drug-likeness (QED) is 0.894. The lowest BCUT2D eigenvalue weighted by Gasteiger charge is -2.42. The second-order valence-electron chi connectivity index (χ2n) is 6.95. The third-order valence-electron chi connectivity index (χ3n) is 5.16. The van der Waals surface area contributed by atoms with Crippen molar-refractivity contribution in [3.63, 3.8) is 0 Å². The van der Waals surface area contributed by atoms with Gasteiger partial charge in [-0.05, 0) is 18.2 Å². The summed E-state index contributed by atoms with van der Waals surface area (Å²) >= 11 is 0. The summed E-state index contributed by atoms with van der Waals surface area (Å²) in [4.78, 5) is 17.5. The second-order valence-corrected chi connectivity index (χ2v) is 6.95. The molecule has 140 valence electrons. The third kappa shape index (κ3) is 4.44. The van der Waals surface area contributed by atoms with E-state index in [4.69, 9.17) is 5.73 Å². The molecule has 1 saturated heterocycles. The standard InChI is InChI=1S/C21H27N3O.ClH/c1-16(20(22)18-11-7-4-8-12-18)21(25)24-14-13-23(2)15-19(24)17-9-5-3-6-10-17;/h3-12,16,19-20H,13-15,22H2,1-2H3;1H. The summed E-state index contributed by atoms with van der Waals surface area (Å²) in [6.45, 7) is 4.42. The molecule has 1 heterocycles. The highest BCUT2D eigenvalue weighted by Crippen LogP contribution is 2.29. The van der Waals surface area contributed by atoms with E-state index in [9.17, 15) is 4.79 Å². The van der Waals surface area contributed by atoms with E-state index < -0.39 is 0 Å². The van der Waals surface area contributed by atoms with Crippen molar-refractivity contribution in [1.29, 1.82) is 0 Å². The number of halogens is 1. The summed E-state index contributed by atoms with van der Waals surface area (Å²) in [6, 6.07) is 20.0. The number of nitrogens with two attached hydrogens (primary N) is 1. The summed E-state index contributed by atoms with van der Waals surface area (Å²) < 4.78 is 0. The van der Waals surface area contributed by atoms with E-state index in [1.165, 1.54) is 5.56 Å². The number of benzene rings is 2. The van der Waals surface area contributed by atoms with Gasteiger partial charge in [-0.3, -0.25) is 4.79 Å². The summed E-state index contributed by atoms with van der Waals surface area (Å²) in [6.07, 6.45) is 0. The van der Waals surface area contributed by atoms with Crippen molar-refractivity contribution >= 4 is 18.3 Å². The molecule has 0 bridgehead atoms. The van der Waals surface area contributed by atoms with Crippen molar-refractivity contribution in [3.05, 3.63) is 71.8 Å². The topological polar surface area (TPSA) is 49.6 Å². The fourth-order valence-corrected chi connectivity index (χ4v) is 3.52. The van der Waals surface area contributed by atoms with Crippen LogP contribution in [0.3, 0.4) is 0 Å². The molecule has 1 aliphatic heterocycles. The summed E-state index contributed by atoms with van der Waals surface area (Å²) in [5.41, 5.74) is 8.59. The van der Waals surface area contributed by atoms with Gasteiger partial charge in [-0.25, -0.2) is 0 Å². The number of hydrogen-bond donors (Lipinski definition) is 1. The van der Waals surface area contributed by atoms with Gasteiger partial charge in [-0.15, -0.1) is 12.4 Å². The Morgan fingerprint density at radius 3 is 2.23 bits per heavy atom. The van der Waals surface area contributed by atoms with Crippen LogP contribution < -0.4 is 5.73 Å². The minimum absolute atomic E-state index is 0. The normalized spacial score (nSPS) is 20.1. The van der Waals surface area contributed by atoms with Gasteiger partial charge in [0.1, 0.15) is 0 Å². The Kier molecular flexibility index (Phi) is 7.21. The molecule has 4 nitrogen and oxygen atoms in total. The molecule has 0 radical (unpaired) electrons. The van der Waals surface area contributed by atoms with Gasteiger partial charge < -0.3 is 15.5 Å². The Labute approximate surface area is 162 Å². The Morgan fingerprint density at radius 1 is 1.04 bits per heavy atom. The van der Waals surface area contributed by atoms with Gasteiger partial charge >= 0.3 is 0 Å². The van der Waals surface area contributed by atoms with Crippen LogP contribution in [0.5, 0.6) is 0 Å². The number of carbonyl (C=O) groups is 1. The van der Waals surface area contributed by atoms with Crippen LogP contribution in [-0.2, 0) is 4.79 Å². The molecule has 2 aromatic carbocycles. The Hall–Kier alpha value is -1.88. The average molecular weight is 374 g/mol. The van der Waals surface area contributed by atoms with Crippen LogP contribution in [0, 0.1) is 5.92 Å². The van der Waals surface area contributed by atoms with E-state index in [0.717, 1.165) is 25.2 Å². The number of piperazine rings is 1. The lowest BCUT2D eigenvalue weighted by atomic mass is 9.92. The molecular formula is C21H28ClN3O. The van der Waals surface area contributed by atoms with Gasteiger partial charge in [-0.1, -0.05) is 67.6 Å². The first kappa shape index (κ1) is 20.4. The molecule has 26 heavy (non-hydrogen) atoms. The molecule has 2 aromatic rings. The molecule has 0 saturated carbocycles. The Bertz CT molecular complexity index is 695.